The summed E-state index contributed by atoms with van der Waals surface area (Å²) in [5.41, 5.74) is 0. The van der Waals surface area contributed by atoms with Crippen LogP contribution in [0.5, 0.6) is 0 Å². The molecule has 24 heavy (non-hydrogen) atoms. The van der Waals surface area contributed by atoms with Crippen LogP contribution in [0.2, 0.25) is 0 Å². The summed E-state index contributed by atoms with van der Waals surface area (Å²) in [6.45, 7) is 6.71. The highest BCUT2D eigenvalue weighted by molar-refractivity contribution is 4.81. The number of hydrogen-bond donors (Lipinski definition) is 1. The van der Waals surface area contributed by atoms with Gasteiger partial charge in [0.1, 0.15) is 0 Å². The maximum atomic E-state index is 8.79. The van der Waals surface area contributed by atoms with Crippen LogP contribution in [0.1, 0.15) is 111 Å². The lowest BCUT2D eigenvalue weighted by atomic mass is 9.99. The Morgan fingerprint density at radius 1 is 0.667 bits per heavy atom. The molecule has 0 aliphatic carbocycles. The van der Waals surface area contributed by atoms with Crippen molar-refractivity contribution in [1.29, 1.82) is 0 Å². The van der Waals surface area contributed by atoms with Crippen molar-refractivity contribution in [3.63, 3.8) is 0 Å². The van der Waals surface area contributed by atoms with E-state index in [1.165, 1.54) is 64.2 Å². The molecule has 0 saturated carbocycles. The Balaban J connectivity index is 2.15. The molecule has 0 amide bonds. The van der Waals surface area contributed by atoms with Crippen LogP contribution in [0, 0.1) is 0 Å². The average molecular weight is 343 g/mol. The van der Waals surface area contributed by atoms with Crippen LogP contribution < -0.4 is 0 Å². The molecule has 1 fully saturated rings. The van der Waals surface area contributed by atoms with Crippen LogP contribution >= 0.6 is 0 Å². The van der Waals surface area contributed by atoms with Crippen molar-refractivity contribution in [2.24, 2.45) is 0 Å². The lowest BCUT2D eigenvalue weighted by Gasteiger charge is -2.16. The highest BCUT2D eigenvalue weighted by Crippen LogP contribution is 2.33. The average Bonchev–Trinajstić information content (AvgIpc) is 2.84. The first-order valence-electron chi connectivity index (χ1n) is 10.6. The molecule has 0 radical (unpaired) electrons. The standard InChI is InChI=1S/C21H42O3/c1-4-5-6-7-10-13-16-19-20(24-21(2,3)23-19)17-14-11-8-9-12-15-18-22/h19-20,22H,4-18H2,1-3H3/t19-,20-/m0/s1. The summed E-state index contributed by atoms with van der Waals surface area (Å²) < 4.78 is 12.3. The van der Waals surface area contributed by atoms with E-state index in [-0.39, 0.29) is 6.10 Å². The number of hydrogen-bond acceptors (Lipinski definition) is 3. The van der Waals surface area contributed by atoms with E-state index in [1.54, 1.807) is 0 Å². The minimum absolute atomic E-state index is 0.285. The zero-order valence-corrected chi connectivity index (χ0v) is 16.5. The minimum atomic E-state index is -0.404. The summed E-state index contributed by atoms with van der Waals surface area (Å²) in [6.07, 6.45) is 18.0. The van der Waals surface area contributed by atoms with Crippen molar-refractivity contribution in [3.05, 3.63) is 0 Å². The SMILES string of the molecule is CCCCCCCC[C@@H]1OC(C)(C)O[C@H]1CCCCCCCCO. The Kier molecular flexibility index (Phi) is 12.0. The van der Waals surface area contributed by atoms with Crippen molar-refractivity contribution in [2.75, 3.05) is 6.61 Å². The largest absolute Gasteiger partial charge is 0.396 e. The fourth-order valence-corrected chi connectivity index (χ4v) is 3.69. The van der Waals surface area contributed by atoms with Crippen molar-refractivity contribution in [1.82, 2.24) is 0 Å². The predicted molar refractivity (Wildman–Crippen MR) is 101 cm³/mol. The molecule has 0 aromatic rings. The van der Waals surface area contributed by atoms with E-state index in [4.69, 9.17) is 14.6 Å². The Hall–Kier alpha value is -0.120. The summed E-state index contributed by atoms with van der Waals surface area (Å²) in [6, 6.07) is 0. The van der Waals surface area contributed by atoms with Gasteiger partial charge in [0.25, 0.3) is 0 Å². The molecule has 1 heterocycles. The Morgan fingerprint density at radius 2 is 1.08 bits per heavy atom. The molecule has 144 valence electrons. The Morgan fingerprint density at radius 3 is 1.54 bits per heavy atom. The summed E-state index contributed by atoms with van der Waals surface area (Å²) in [7, 11) is 0. The zero-order chi connectivity index (χ0) is 17.7. The zero-order valence-electron chi connectivity index (χ0n) is 16.5. The van der Waals surface area contributed by atoms with Gasteiger partial charge in [0.15, 0.2) is 5.79 Å². The number of ether oxygens (including phenoxy) is 2. The highest BCUT2D eigenvalue weighted by Gasteiger charge is 2.40. The van der Waals surface area contributed by atoms with Gasteiger partial charge in [-0.2, -0.15) is 0 Å². The van der Waals surface area contributed by atoms with Crippen molar-refractivity contribution < 1.29 is 14.6 Å². The Labute approximate surface area is 150 Å². The smallest absolute Gasteiger partial charge is 0.163 e. The second-order valence-corrected chi connectivity index (χ2v) is 7.90. The maximum Gasteiger partial charge on any atom is 0.163 e. The third-order valence-electron chi connectivity index (χ3n) is 5.02. The van der Waals surface area contributed by atoms with E-state index in [2.05, 4.69) is 20.8 Å². The molecule has 3 nitrogen and oxygen atoms in total. The van der Waals surface area contributed by atoms with Gasteiger partial charge in [0.2, 0.25) is 0 Å². The van der Waals surface area contributed by atoms with Crippen LogP contribution in [0.25, 0.3) is 0 Å². The van der Waals surface area contributed by atoms with Gasteiger partial charge in [-0.3, -0.25) is 0 Å². The van der Waals surface area contributed by atoms with Crippen molar-refractivity contribution in [3.8, 4) is 0 Å². The van der Waals surface area contributed by atoms with E-state index in [1.807, 2.05) is 0 Å². The van der Waals surface area contributed by atoms with Crippen molar-refractivity contribution >= 4 is 0 Å². The van der Waals surface area contributed by atoms with Gasteiger partial charge in [-0.15, -0.1) is 0 Å². The quantitative estimate of drug-likeness (QED) is 0.372. The molecule has 0 aromatic carbocycles. The predicted octanol–water partition coefficient (Wildman–Crippen LogP) is 5.98. The molecule has 1 rings (SSSR count). The van der Waals surface area contributed by atoms with Crippen LogP contribution in [-0.2, 0) is 9.47 Å². The van der Waals surface area contributed by atoms with E-state index in [0.29, 0.717) is 12.7 Å². The molecular weight excluding hydrogens is 300 g/mol. The van der Waals surface area contributed by atoms with Gasteiger partial charge in [-0.25, -0.2) is 0 Å². The molecular formula is C21H42O3. The van der Waals surface area contributed by atoms with Crippen LogP contribution in [0.15, 0.2) is 0 Å². The molecule has 1 saturated heterocycles. The molecule has 3 heteroatoms. The lowest BCUT2D eigenvalue weighted by molar-refractivity contribution is -0.147. The fourth-order valence-electron chi connectivity index (χ4n) is 3.69. The number of rotatable bonds is 15. The van der Waals surface area contributed by atoms with E-state index in [0.717, 1.165) is 25.7 Å². The maximum absolute atomic E-state index is 8.79. The molecule has 0 bridgehead atoms. The molecule has 1 aliphatic rings. The first-order valence-corrected chi connectivity index (χ1v) is 10.6. The molecule has 1 N–H and O–H groups in total. The molecule has 0 spiro atoms. The summed E-state index contributed by atoms with van der Waals surface area (Å²) in [5, 5.41) is 8.79. The van der Waals surface area contributed by atoms with Gasteiger partial charge >= 0.3 is 0 Å². The fraction of sp³-hybridized carbons (Fsp3) is 1.00. The number of unbranched alkanes of at least 4 members (excludes halogenated alkanes) is 10. The van der Waals surface area contributed by atoms with Crippen LogP contribution in [-0.4, -0.2) is 29.7 Å². The summed E-state index contributed by atoms with van der Waals surface area (Å²) >= 11 is 0. The van der Waals surface area contributed by atoms with Gasteiger partial charge < -0.3 is 14.6 Å². The lowest BCUT2D eigenvalue weighted by Crippen LogP contribution is -2.22. The van der Waals surface area contributed by atoms with Gasteiger partial charge in [-0.1, -0.05) is 77.6 Å². The van der Waals surface area contributed by atoms with Crippen molar-refractivity contribution in [2.45, 2.75) is 129 Å². The number of aliphatic hydroxyl groups excluding tert-OH is 1. The number of aliphatic hydroxyl groups is 1. The van der Waals surface area contributed by atoms with Crippen LogP contribution in [0.3, 0.4) is 0 Å². The van der Waals surface area contributed by atoms with Gasteiger partial charge in [0, 0.05) is 6.61 Å². The summed E-state index contributed by atoms with van der Waals surface area (Å²) in [5.74, 6) is -0.404. The second-order valence-electron chi connectivity index (χ2n) is 7.90. The second kappa shape index (κ2) is 13.1. The van der Waals surface area contributed by atoms with E-state index < -0.39 is 5.79 Å². The summed E-state index contributed by atoms with van der Waals surface area (Å²) in [4.78, 5) is 0. The van der Waals surface area contributed by atoms with Crippen LogP contribution in [0.4, 0.5) is 0 Å². The molecule has 0 unspecified atom stereocenters. The normalized spacial score (nSPS) is 23.0. The van der Waals surface area contributed by atoms with Gasteiger partial charge in [0.05, 0.1) is 12.2 Å². The first kappa shape index (κ1) is 21.9. The van der Waals surface area contributed by atoms with E-state index >= 15 is 0 Å². The molecule has 0 aromatic heterocycles. The topological polar surface area (TPSA) is 38.7 Å². The third kappa shape index (κ3) is 10.0. The minimum Gasteiger partial charge on any atom is -0.396 e. The van der Waals surface area contributed by atoms with E-state index in [9.17, 15) is 0 Å². The third-order valence-corrected chi connectivity index (χ3v) is 5.02. The first-order chi connectivity index (χ1) is 11.6. The monoisotopic (exact) mass is 342 g/mol. The Bertz CT molecular complexity index is 291. The highest BCUT2D eigenvalue weighted by atomic mass is 16.7. The molecule has 2 atom stereocenters. The molecule has 1 aliphatic heterocycles. The van der Waals surface area contributed by atoms with Gasteiger partial charge in [-0.05, 0) is 33.1 Å².